The molecule has 2 nitrogen and oxygen atoms in total. The Kier molecular flexibility index (Phi) is 3.90. The van der Waals surface area contributed by atoms with Crippen LogP contribution in [-0.2, 0) is 0 Å². The number of nitrogens with zero attached hydrogens (tertiary/aromatic N) is 1. The summed E-state index contributed by atoms with van der Waals surface area (Å²) in [6.45, 7) is 0.246. The molecule has 2 aromatic carbocycles. The van der Waals surface area contributed by atoms with Gasteiger partial charge < -0.3 is 5.73 Å². The molecule has 2 N–H and O–H groups in total. The molecule has 0 unspecified atom stereocenters. The van der Waals surface area contributed by atoms with Gasteiger partial charge in [0, 0.05) is 12.1 Å². The molecule has 2 aromatic rings. The third-order valence-electron chi connectivity index (χ3n) is 2.77. The quantitative estimate of drug-likeness (QED) is 0.830. The average Bonchev–Trinajstić information content (AvgIpc) is 2.46. The number of nitriles is 1. The average molecular weight is 234 g/mol. The molecular formula is C16H14N2. The van der Waals surface area contributed by atoms with Gasteiger partial charge in [-0.15, -0.1) is 0 Å². The minimum Gasteiger partial charge on any atom is -0.326 e. The molecule has 0 radical (unpaired) electrons. The first-order chi connectivity index (χ1) is 8.86. The third-order valence-corrected chi connectivity index (χ3v) is 2.77. The Morgan fingerprint density at radius 3 is 1.67 bits per heavy atom. The molecule has 0 saturated heterocycles. The van der Waals surface area contributed by atoms with Gasteiger partial charge in [-0.2, -0.15) is 5.26 Å². The van der Waals surface area contributed by atoms with E-state index in [1.165, 1.54) is 0 Å². The largest absolute Gasteiger partial charge is 0.326 e. The Morgan fingerprint density at radius 1 is 0.889 bits per heavy atom. The molecule has 2 rings (SSSR count). The number of rotatable bonds is 3. The lowest BCUT2D eigenvalue weighted by atomic mass is 9.93. The SMILES string of the molecule is N#CC(CN)=C(c1ccccc1)c1ccccc1. The van der Waals surface area contributed by atoms with Gasteiger partial charge in [0.05, 0.1) is 11.6 Å². The summed E-state index contributed by atoms with van der Waals surface area (Å²) >= 11 is 0. The lowest BCUT2D eigenvalue weighted by Crippen LogP contribution is -2.05. The van der Waals surface area contributed by atoms with Crippen LogP contribution in [0.5, 0.6) is 0 Å². The molecule has 0 saturated carbocycles. The van der Waals surface area contributed by atoms with Crippen molar-refractivity contribution in [3.63, 3.8) is 0 Å². The number of nitrogens with two attached hydrogens (primary N) is 1. The molecule has 0 amide bonds. The van der Waals surface area contributed by atoms with Gasteiger partial charge in [0.15, 0.2) is 0 Å². The van der Waals surface area contributed by atoms with Gasteiger partial charge in [-0.3, -0.25) is 0 Å². The van der Waals surface area contributed by atoms with Crippen molar-refractivity contribution in [2.24, 2.45) is 5.73 Å². The zero-order chi connectivity index (χ0) is 12.8. The Bertz CT molecular complexity index is 536. The summed E-state index contributed by atoms with van der Waals surface area (Å²) in [6.07, 6.45) is 0. The molecule has 0 bridgehead atoms. The first-order valence-corrected chi connectivity index (χ1v) is 5.81. The molecule has 0 heterocycles. The second-order valence-electron chi connectivity index (χ2n) is 3.90. The van der Waals surface area contributed by atoms with E-state index >= 15 is 0 Å². The maximum atomic E-state index is 9.23. The van der Waals surface area contributed by atoms with E-state index in [4.69, 9.17) is 5.73 Å². The first kappa shape index (κ1) is 12.1. The molecule has 0 aliphatic carbocycles. The van der Waals surface area contributed by atoms with Crippen LogP contribution < -0.4 is 5.73 Å². The van der Waals surface area contributed by atoms with Crippen molar-refractivity contribution in [1.29, 1.82) is 5.26 Å². The molecule has 0 aromatic heterocycles. The predicted octanol–water partition coefficient (Wildman–Crippen LogP) is 2.97. The fraction of sp³-hybridized carbons (Fsp3) is 0.0625. The van der Waals surface area contributed by atoms with E-state index in [-0.39, 0.29) is 6.54 Å². The van der Waals surface area contributed by atoms with E-state index in [1.54, 1.807) is 0 Å². The van der Waals surface area contributed by atoms with Crippen molar-refractivity contribution in [3.05, 3.63) is 77.4 Å². The van der Waals surface area contributed by atoms with E-state index in [2.05, 4.69) is 6.07 Å². The Morgan fingerprint density at radius 2 is 1.33 bits per heavy atom. The smallest absolute Gasteiger partial charge is 0.0967 e. The van der Waals surface area contributed by atoms with E-state index in [0.717, 1.165) is 16.7 Å². The summed E-state index contributed by atoms with van der Waals surface area (Å²) in [5, 5.41) is 9.23. The zero-order valence-electron chi connectivity index (χ0n) is 10.0. The first-order valence-electron chi connectivity index (χ1n) is 5.81. The summed E-state index contributed by atoms with van der Waals surface area (Å²) < 4.78 is 0. The summed E-state index contributed by atoms with van der Waals surface area (Å²) in [5.74, 6) is 0. The highest BCUT2D eigenvalue weighted by molar-refractivity contribution is 5.84. The minimum atomic E-state index is 0.246. The van der Waals surface area contributed by atoms with Crippen LogP contribution in [0.4, 0.5) is 0 Å². The Balaban J connectivity index is 2.64. The van der Waals surface area contributed by atoms with Crippen molar-refractivity contribution in [3.8, 4) is 6.07 Å². The molecular weight excluding hydrogens is 220 g/mol. The van der Waals surface area contributed by atoms with E-state index in [0.29, 0.717) is 5.57 Å². The van der Waals surface area contributed by atoms with Crippen LogP contribution in [0.3, 0.4) is 0 Å². The van der Waals surface area contributed by atoms with E-state index in [9.17, 15) is 5.26 Å². The fourth-order valence-electron chi connectivity index (χ4n) is 1.93. The van der Waals surface area contributed by atoms with Gasteiger partial charge in [0.1, 0.15) is 0 Å². The van der Waals surface area contributed by atoms with Crippen LogP contribution in [0, 0.1) is 11.3 Å². The van der Waals surface area contributed by atoms with Gasteiger partial charge in [-0.25, -0.2) is 0 Å². The lowest BCUT2D eigenvalue weighted by molar-refractivity contribution is 1.19. The highest BCUT2D eigenvalue weighted by Gasteiger charge is 2.10. The van der Waals surface area contributed by atoms with Crippen LogP contribution >= 0.6 is 0 Å². The van der Waals surface area contributed by atoms with Crippen molar-refractivity contribution in [1.82, 2.24) is 0 Å². The monoisotopic (exact) mass is 234 g/mol. The highest BCUT2D eigenvalue weighted by Crippen LogP contribution is 2.26. The van der Waals surface area contributed by atoms with Crippen LogP contribution in [0.1, 0.15) is 11.1 Å². The maximum Gasteiger partial charge on any atom is 0.0967 e. The van der Waals surface area contributed by atoms with Gasteiger partial charge >= 0.3 is 0 Å². The van der Waals surface area contributed by atoms with Crippen molar-refractivity contribution in [2.45, 2.75) is 0 Å². The topological polar surface area (TPSA) is 49.8 Å². The van der Waals surface area contributed by atoms with Crippen molar-refractivity contribution in [2.75, 3.05) is 6.54 Å². The molecule has 0 atom stereocenters. The predicted molar refractivity (Wildman–Crippen MR) is 73.6 cm³/mol. The van der Waals surface area contributed by atoms with E-state index < -0.39 is 0 Å². The maximum absolute atomic E-state index is 9.23. The summed E-state index contributed by atoms with van der Waals surface area (Å²) in [7, 11) is 0. The van der Waals surface area contributed by atoms with Crippen LogP contribution in [0.2, 0.25) is 0 Å². The van der Waals surface area contributed by atoms with Gasteiger partial charge in [0.2, 0.25) is 0 Å². The minimum absolute atomic E-state index is 0.246. The second kappa shape index (κ2) is 5.81. The molecule has 0 spiro atoms. The number of hydrogen-bond donors (Lipinski definition) is 1. The molecule has 88 valence electrons. The molecule has 0 aliphatic heterocycles. The van der Waals surface area contributed by atoms with E-state index in [1.807, 2.05) is 60.7 Å². The summed E-state index contributed by atoms with van der Waals surface area (Å²) in [5.41, 5.74) is 9.24. The summed E-state index contributed by atoms with van der Waals surface area (Å²) in [6, 6.07) is 22.0. The number of benzene rings is 2. The molecule has 18 heavy (non-hydrogen) atoms. The van der Waals surface area contributed by atoms with Gasteiger partial charge in [-0.05, 0) is 11.1 Å². The van der Waals surface area contributed by atoms with Gasteiger partial charge in [-0.1, -0.05) is 60.7 Å². The number of hydrogen-bond acceptors (Lipinski definition) is 2. The van der Waals surface area contributed by atoms with Crippen LogP contribution in [-0.4, -0.2) is 6.54 Å². The van der Waals surface area contributed by atoms with Crippen molar-refractivity contribution >= 4 is 5.57 Å². The third kappa shape index (κ3) is 2.48. The fourth-order valence-corrected chi connectivity index (χ4v) is 1.93. The lowest BCUT2D eigenvalue weighted by Gasteiger charge is -2.10. The van der Waals surface area contributed by atoms with Crippen LogP contribution in [0.15, 0.2) is 66.2 Å². The van der Waals surface area contributed by atoms with Crippen LogP contribution in [0.25, 0.3) is 5.57 Å². The van der Waals surface area contributed by atoms with Gasteiger partial charge in [0.25, 0.3) is 0 Å². The normalized spacial score (nSPS) is 9.56. The Labute approximate surface area is 107 Å². The van der Waals surface area contributed by atoms with Crippen molar-refractivity contribution < 1.29 is 0 Å². The molecule has 0 aliphatic rings. The second-order valence-corrected chi connectivity index (χ2v) is 3.90. The summed E-state index contributed by atoms with van der Waals surface area (Å²) in [4.78, 5) is 0. The Hall–Kier alpha value is -2.37. The highest BCUT2D eigenvalue weighted by atomic mass is 14.5. The molecule has 0 fully saturated rings. The zero-order valence-corrected chi connectivity index (χ0v) is 10.0. The molecule has 2 heteroatoms. The standard InChI is InChI=1S/C16H14N2/c17-11-15(12-18)16(13-7-3-1-4-8-13)14-9-5-2-6-10-14/h1-10H,11,17H2.